The van der Waals surface area contributed by atoms with E-state index in [4.69, 9.17) is 5.73 Å². The minimum atomic E-state index is -0.223. The molecule has 3 rings (SSSR count). The van der Waals surface area contributed by atoms with E-state index in [9.17, 15) is 5.11 Å². The third-order valence-electron chi connectivity index (χ3n) is 4.23. The Labute approximate surface area is 102 Å². The lowest BCUT2D eigenvalue weighted by molar-refractivity contribution is 0.0631. The summed E-state index contributed by atoms with van der Waals surface area (Å²) < 4.78 is 0. The molecule has 3 N–H and O–H groups in total. The van der Waals surface area contributed by atoms with E-state index in [-0.39, 0.29) is 12.1 Å². The molecule has 0 amide bonds. The van der Waals surface area contributed by atoms with Gasteiger partial charge in [0.1, 0.15) is 0 Å². The number of aliphatic hydroxyl groups is 1. The summed E-state index contributed by atoms with van der Waals surface area (Å²) in [6, 6.07) is 8.84. The van der Waals surface area contributed by atoms with Crippen LogP contribution in [0.5, 0.6) is 0 Å². The molecular formula is C14H20N2O. The topological polar surface area (TPSA) is 49.5 Å². The Morgan fingerprint density at radius 2 is 1.82 bits per heavy atom. The second-order valence-electron chi connectivity index (χ2n) is 5.29. The Bertz CT molecular complexity index is 386. The van der Waals surface area contributed by atoms with Crippen molar-refractivity contribution in [2.75, 3.05) is 12.3 Å². The number of aliphatic hydroxyl groups excluding tert-OH is 1. The van der Waals surface area contributed by atoms with Crippen LogP contribution in [-0.4, -0.2) is 28.7 Å². The van der Waals surface area contributed by atoms with E-state index in [0.717, 1.165) is 18.7 Å². The maximum atomic E-state index is 10.2. The van der Waals surface area contributed by atoms with Crippen molar-refractivity contribution in [3.8, 4) is 0 Å². The minimum Gasteiger partial charge on any atom is -0.399 e. The second-order valence-corrected chi connectivity index (χ2v) is 5.29. The Morgan fingerprint density at radius 1 is 1.12 bits per heavy atom. The van der Waals surface area contributed by atoms with Gasteiger partial charge in [-0.25, -0.2) is 0 Å². The first-order chi connectivity index (χ1) is 8.25. The summed E-state index contributed by atoms with van der Waals surface area (Å²) in [7, 11) is 0. The van der Waals surface area contributed by atoms with E-state index in [2.05, 4.69) is 17.0 Å². The number of likely N-dealkylation sites (tertiary alicyclic amines) is 1. The average molecular weight is 232 g/mol. The van der Waals surface area contributed by atoms with Crippen molar-refractivity contribution in [2.24, 2.45) is 0 Å². The van der Waals surface area contributed by atoms with Crippen LogP contribution in [0.1, 0.15) is 37.3 Å². The fraction of sp³-hybridized carbons (Fsp3) is 0.571. The largest absolute Gasteiger partial charge is 0.399 e. The number of nitrogens with zero attached hydrogens (tertiary/aromatic N) is 1. The van der Waals surface area contributed by atoms with Gasteiger partial charge in [-0.2, -0.15) is 0 Å². The number of hydrogen-bond acceptors (Lipinski definition) is 3. The van der Waals surface area contributed by atoms with E-state index in [1.54, 1.807) is 0 Å². The number of benzene rings is 1. The van der Waals surface area contributed by atoms with Gasteiger partial charge in [0, 0.05) is 18.3 Å². The predicted molar refractivity (Wildman–Crippen MR) is 68.6 cm³/mol. The van der Waals surface area contributed by atoms with Gasteiger partial charge in [-0.05, 0) is 37.0 Å². The summed E-state index contributed by atoms with van der Waals surface area (Å²) in [6.07, 6.45) is 4.59. The monoisotopic (exact) mass is 232 g/mol. The molecule has 0 radical (unpaired) electrons. The maximum Gasteiger partial charge on any atom is 0.0749 e. The summed E-state index contributed by atoms with van der Waals surface area (Å²) in [5.41, 5.74) is 7.71. The molecule has 1 aromatic rings. The number of hydrogen-bond donors (Lipinski definition) is 2. The summed E-state index contributed by atoms with van der Waals surface area (Å²) in [5, 5.41) is 10.2. The van der Waals surface area contributed by atoms with Gasteiger partial charge in [-0.15, -0.1) is 0 Å². The molecule has 1 saturated heterocycles. The van der Waals surface area contributed by atoms with Gasteiger partial charge in [0.15, 0.2) is 0 Å². The average Bonchev–Trinajstić information content (AvgIpc) is 2.60. The van der Waals surface area contributed by atoms with Crippen LogP contribution in [0.2, 0.25) is 0 Å². The zero-order valence-electron chi connectivity index (χ0n) is 10.0. The van der Waals surface area contributed by atoms with Crippen LogP contribution in [0.3, 0.4) is 0 Å². The quantitative estimate of drug-likeness (QED) is 0.766. The predicted octanol–water partition coefficient (Wildman–Crippen LogP) is 1.93. The smallest absolute Gasteiger partial charge is 0.0749 e. The molecule has 2 atom stereocenters. The lowest BCUT2D eigenvalue weighted by Crippen LogP contribution is -2.41. The second kappa shape index (κ2) is 4.31. The number of nitrogen functional groups attached to an aromatic ring is 1. The van der Waals surface area contributed by atoms with E-state index in [1.165, 1.54) is 24.8 Å². The molecule has 2 unspecified atom stereocenters. The first kappa shape index (κ1) is 11.1. The molecule has 92 valence electrons. The number of anilines is 1. The first-order valence-electron chi connectivity index (χ1n) is 6.55. The summed E-state index contributed by atoms with van der Waals surface area (Å²) in [5.74, 6) is 0. The number of nitrogens with two attached hydrogens (primary N) is 1. The molecule has 0 bridgehead atoms. The summed E-state index contributed by atoms with van der Waals surface area (Å²) in [6.45, 7) is 1.03. The molecule has 1 saturated carbocycles. The highest BCUT2D eigenvalue weighted by molar-refractivity contribution is 5.40. The van der Waals surface area contributed by atoms with Crippen molar-refractivity contribution < 1.29 is 5.11 Å². The highest BCUT2D eigenvalue weighted by atomic mass is 16.3. The lowest BCUT2D eigenvalue weighted by atomic mass is 9.89. The molecule has 1 aliphatic heterocycles. The van der Waals surface area contributed by atoms with Crippen LogP contribution in [0.15, 0.2) is 24.3 Å². The molecule has 1 aromatic carbocycles. The summed E-state index contributed by atoms with van der Waals surface area (Å²) in [4.78, 5) is 2.49. The van der Waals surface area contributed by atoms with E-state index in [1.807, 2.05) is 12.1 Å². The molecule has 0 aromatic heterocycles. The standard InChI is InChI=1S/C14H20N2O/c15-11-6-4-10(5-7-11)14-13(17)8-9-16(14)12-2-1-3-12/h4-7,12-14,17H,1-3,8-9,15H2. The van der Waals surface area contributed by atoms with Crippen LogP contribution in [0.4, 0.5) is 5.69 Å². The molecule has 17 heavy (non-hydrogen) atoms. The summed E-state index contributed by atoms with van der Waals surface area (Å²) >= 11 is 0. The molecule has 0 spiro atoms. The van der Waals surface area contributed by atoms with E-state index >= 15 is 0 Å². The van der Waals surface area contributed by atoms with Crippen molar-refractivity contribution in [2.45, 2.75) is 43.9 Å². The van der Waals surface area contributed by atoms with Crippen LogP contribution >= 0.6 is 0 Å². The van der Waals surface area contributed by atoms with E-state index in [0.29, 0.717) is 6.04 Å². The van der Waals surface area contributed by atoms with Crippen molar-refractivity contribution in [1.29, 1.82) is 0 Å². The first-order valence-corrected chi connectivity index (χ1v) is 6.55. The number of rotatable bonds is 2. The highest BCUT2D eigenvalue weighted by Gasteiger charge is 2.39. The Kier molecular flexibility index (Phi) is 2.81. The molecule has 2 fully saturated rings. The zero-order valence-corrected chi connectivity index (χ0v) is 10.0. The van der Waals surface area contributed by atoms with Crippen molar-refractivity contribution in [1.82, 2.24) is 4.90 Å². The fourth-order valence-electron chi connectivity index (χ4n) is 3.03. The van der Waals surface area contributed by atoms with E-state index < -0.39 is 0 Å². The van der Waals surface area contributed by atoms with Gasteiger partial charge in [-0.3, -0.25) is 4.90 Å². The van der Waals surface area contributed by atoms with Crippen molar-refractivity contribution in [3.05, 3.63) is 29.8 Å². The Hall–Kier alpha value is -1.06. The van der Waals surface area contributed by atoms with Gasteiger partial charge in [0.05, 0.1) is 12.1 Å². The van der Waals surface area contributed by atoms with Crippen LogP contribution in [-0.2, 0) is 0 Å². The van der Waals surface area contributed by atoms with Crippen LogP contribution in [0, 0.1) is 0 Å². The molecule has 3 nitrogen and oxygen atoms in total. The molecule has 2 aliphatic rings. The third kappa shape index (κ3) is 1.94. The van der Waals surface area contributed by atoms with Gasteiger partial charge in [0.2, 0.25) is 0 Å². The van der Waals surface area contributed by atoms with Crippen molar-refractivity contribution in [3.63, 3.8) is 0 Å². The molecule has 3 heteroatoms. The fourth-order valence-corrected chi connectivity index (χ4v) is 3.03. The minimum absolute atomic E-state index is 0.181. The van der Waals surface area contributed by atoms with Crippen molar-refractivity contribution >= 4 is 5.69 Å². The van der Waals surface area contributed by atoms with Gasteiger partial charge < -0.3 is 10.8 Å². The highest BCUT2D eigenvalue weighted by Crippen LogP contribution is 2.39. The normalized spacial score (nSPS) is 30.4. The molecular weight excluding hydrogens is 212 g/mol. The molecule has 1 heterocycles. The van der Waals surface area contributed by atoms with Gasteiger partial charge in [-0.1, -0.05) is 18.6 Å². The Morgan fingerprint density at radius 3 is 2.41 bits per heavy atom. The van der Waals surface area contributed by atoms with Gasteiger partial charge in [0.25, 0.3) is 0 Å². The molecule has 1 aliphatic carbocycles. The van der Waals surface area contributed by atoms with Gasteiger partial charge >= 0.3 is 0 Å². The zero-order chi connectivity index (χ0) is 11.8. The maximum absolute atomic E-state index is 10.2. The van der Waals surface area contributed by atoms with Crippen LogP contribution in [0.25, 0.3) is 0 Å². The Balaban J connectivity index is 1.84. The van der Waals surface area contributed by atoms with Crippen LogP contribution < -0.4 is 5.73 Å². The SMILES string of the molecule is Nc1ccc(C2C(O)CCN2C2CCC2)cc1. The third-order valence-corrected chi connectivity index (χ3v) is 4.23. The lowest BCUT2D eigenvalue weighted by Gasteiger charge is -2.39.